The van der Waals surface area contributed by atoms with Crippen LogP contribution in [0.3, 0.4) is 0 Å². The van der Waals surface area contributed by atoms with Crippen LogP contribution in [0.2, 0.25) is 0 Å². The number of nitrogens with zero attached hydrogens (tertiary/aromatic N) is 3. The molecular weight excluding hydrogens is 397 g/mol. The van der Waals surface area contributed by atoms with E-state index in [0.717, 1.165) is 11.1 Å². The molecule has 1 heterocycles. The molecule has 1 fully saturated rings. The Labute approximate surface area is 171 Å². The Balaban J connectivity index is 1.39. The summed E-state index contributed by atoms with van der Waals surface area (Å²) >= 11 is 0. The number of hydrogen-bond donors (Lipinski definition) is 4. The molecule has 0 bridgehead atoms. The highest BCUT2D eigenvalue weighted by atomic mass is 19.1. The molecular formula is C19H22FN5O5. The molecule has 0 saturated heterocycles. The van der Waals surface area contributed by atoms with Gasteiger partial charge in [0, 0.05) is 18.9 Å². The SMILES string of the molecule is CC(C)(O)C(=O)NC1CC(Oc2nonc2C(=N[C@H]2Cc3ccc(F)cc32)NO)C1. The van der Waals surface area contributed by atoms with Crippen molar-refractivity contribution < 1.29 is 28.9 Å². The summed E-state index contributed by atoms with van der Waals surface area (Å²) in [6.07, 6.45) is 1.39. The normalized spacial score (nSPS) is 23.1. The minimum Gasteiger partial charge on any atom is -0.470 e. The van der Waals surface area contributed by atoms with Crippen LogP contribution in [0.15, 0.2) is 27.8 Å². The number of carbonyl (C=O) groups is 1. The molecule has 0 unspecified atom stereocenters. The maximum absolute atomic E-state index is 13.5. The highest BCUT2D eigenvalue weighted by Crippen LogP contribution is 2.37. The van der Waals surface area contributed by atoms with E-state index in [9.17, 15) is 19.5 Å². The molecule has 1 saturated carbocycles. The maximum Gasteiger partial charge on any atom is 0.287 e. The van der Waals surface area contributed by atoms with Crippen LogP contribution >= 0.6 is 0 Å². The molecule has 1 atom stereocenters. The number of halogens is 1. The monoisotopic (exact) mass is 419 g/mol. The molecule has 4 N–H and O–H groups in total. The summed E-state index contributed by atoms with van der Waals surface area (Å²) in [4.78, 5) is 16.2. The Kier molecular flexibility index (Phi) is 5.16. The minimum absolute atomic E-state index is 0.00244. The fourth-order valence-corrected chi connectivity index (χ4v) is 3.37. The first-order valence-electron chi connectivity index (χ1n) is 9.53. The number of hydroxylamine groups is 1. The standard InChI is InChI=1S/C19H22FN5O5/c1-19(2,27)18(26)21-11-7-12(8-11)29-17-15(24-30-25-17)16(23-28)22-14-5-9-3-4-10(20)6-13(9)14/h3-4,6,11-12,14,27-28H,5,7-8H2,1-2H3,(H,21,26)(H,22,23)/t11?,12?,14-/m0/s1. The molecule has 0 aliphatic heterocycles. The first-order chi connectivity index (χ1) is 14.2. The fourth-order valence-electron chi connectivity index (χ4n) is 3.37. The number of hydrogen-bond acceptors (Lipinski definition) is 8. The largest absolute Gasteiger partial charge is 0.470 e. The van der Waals surface area contributed by atoms with Crippen molar-refractivity contribution in [1.82, 2.24) is 21.1 Å². The zero-order valence-electron chi connectivity index (χ0n) is 16.4. The van der Waals surface area contributed by atoms with E-state index in [0.29, 0.717) is 19.3 Å². The minimum atomic E-state index is -1.45. The predicted molar refractivity (Wildman–Crippen MR) is 100 cm³/mol. The Morgan fingerprint density at radius 3 is 2.83 bits per heavy atom. The molecule has 2 aromatic rings. The van der Waals surface area contributed by atoms with Crippen molar-refractivity contribution in [1.29, 1.82) is 0 Å². The van der Waals surface area contributed by atoms with E-state index in [1.165, 1.54) is 26.0 Å². The van der Waals surface area contributed by atoms with Gasteiger partial charge in [0.25, 0.3) is 11.8 Å². The molecule has 0 radical (unpaired) electrons. The summed E-state index contributed by atoms with van der Waals surface area (Å²) in [5, 5.41) is 29.4. The number of aliphatic imine (C=N–C) groups is 1. The van der Waals surface area contributed by atoms with Gasteiger partial charge in [-0.15, -0.1) is 0 Å². The van der Waals surface area contributed by atoms with E-state index in [2.05, 4.69) is 20.6 Å². The van der Waals surface area contributed by atoms with Gasteiger partial charge in [-0.25, -0.2) is 9.02 Å². The van der Waals surface area contributed by atoms with Crippen LogP contribution in [-0.4, -0.2) is 50.1 Å². The summed E-state index contributed by atoms with van der Waals surface area (Å²) in [5.41, 5.74) is 2.35. The smallest absolute Gasteiger partial charge is 0.287 e. The average Bonchev–Trinajstić information content (AvgIpc) is 3.10. The van der Waals surface area contributed by atoms with Crippen molar-refractivity contribution in [3.63, 3.8) is 0 Å². The number of ether oxygens (including phenoxy) is 1. The lowest BCUT2D eigenvalue weighted by Gasteiger charge is -2.36. The Morgan fingerprint density at radius 2 is 2.13 bits per heavy atom. The molecule has 1 aromatic heterocycles. The van der Waals surface area contributed by atoms with Gasteiger partial charge in [-0.3, -0.25) is 20.5 Å². The van der Waals surface area contributed by atoms with Crippen LogP contribution in [0.4, 0.5) is 4.39 Å². The summed E-state index contributed by atoms with van der Waals surface area (Å²) in [7, 11) is 0. The highest BCUT2D eigenvalue weighted by molar-refractivity contribution is 5.98. The maximum atomic E-state index is 13.5. The number of fused-ring (bicyclic) bond motifs is 1. The number of aromatic nitrogens is 2. The molecule has 11 heteroatoms. The van der Waals surface area contributed by atoms with Crippen LogP contribution in [0.5, 0.6) is 5.88 Å². The van der Waals surface area contributed by atoms with Gasteiger partial charge in [-0.2, -0.15) is 0 Å². The third-order valence-corrected chi connectivity index (χ3v) is 5.22. The van der Waals surface area contributed by atoms with Gasteiger partial charge < -0.3 is 15.2 Å². The average molecular weight is 419 g/mol. The van der Waals surface area contributed by atoms with E-state index in [4.69, 9.17) is 9.37 Å². The third kappa shape index (κ3) is 3.98. The Hall–Kier alpha value is -3.05. The van der Waals surface area contributed by atoms with Gasteiger partial charge >= 0.3 is 0 Å². The van der Waals surface area contributed by atoms with Crippen molar-refractivity contribution in [2.45, 2.75) is 56.9 Å². The Morgan fingerprint density at radius 1 is 1.37 bits per heavy atom. The molecule has 4 rings (SSSR count). The van der Waals surface area contributed by atoms with E-state index < -0.39 is 11.5 Å². The zero-order chi connectivity index (χ0) is 21.5. The molecule has 10 nitrogen and oxygen atoms in total. The molecule has 2 aliphatic carbocycles. The van der Waals surface area contributed by atoms with Gasteiger partial charge in [0.05, 0.1) is 6.04 Å². The molecule has 1 aromatic carbocycles. The van der Waals surface area contributed by atoms with Crippen molar-refractivity contribution in [3.05, 3.63) is 40.8 Å². The molecule has 2 aliphatic rings. The van der Waals surface area contributed by atoms with Gasteiger partial charge in [0.2, 0.25) is 5.69 Å². The Bertz CT molecular complexity index is 980. The number of amides is 1. The predicted octanol–water partition coefficient (Wildman–Crippen LogP) is 1.03. The summed E-state index contributed by atoms with van der Waals surface area (Å²) in [6.45, 7) is 2.83. The molecule has 30 heavy (non-hydrogen) atoms. The zero-order valence-corrected chi connectivity index (χ0v) is 16.4. The van der Waals surface area contributed by atoms with Crippen LogP contribution in [0.1, 0.15) is 49.6 Å². The van der Waals surface area contributed by atoms with E-state index in [1.807, 2.05) is 5.48 Å². The van der Waals surface area contributed by atoms with Crippen molar-refractivity contribution in [2.24, 2.45) is 4.99 Å². The van der Waals surface area contributed by atoms with Gasteiger partial charge in [-0.1, -0.05) is 6.07 Å². The second-order valence-corrected chi connectivity index (χ2v) is 8.01. The van der Waals surface area contributed by atoms with Gasteiger partial charge in [-0.05, 0) is 53.8 Å². The van der Waals surface area contributed by atoms with Gasteiger partial charge in [0.15, 0.2) is 5.84 Å². The molecule has 1 amide bonds. The van der Waals surface area contributed by atoms with Crippen LogP contribution < -0.4 is 15.5 Å². The summed E-state index contributed by atoms with van der Waals surface area (Å²) in [6, 6.07) is 4.06. The lowest BCUT2D eigenvalue weighted by molar-refractivity contribution is -0.138. The van der Waals surface area contributed by atoms with Crippen LogP contribution in [0.25, 0.3) is 0 Å². The topological polar surface area (TPSA) is 142 Å². The lowest BCUT2D eigenvalue weighted by atomic mass is 9.83. The van der Waals surface area contributed by atoms with E-state index in [1.54, 1.807) is 6.07 Å². The number of amidine groups is 1. The van der Waals surface area contributed by atoms with E-state index in [-0.39, 0.29) is 41.4 Å². The summed E-state index contributed by atoms with van der Waals surface area (Å²) < 4.78 is 24.0. The van der Waals surface area contributed by atoms with E-state index >= 15 is 0 Å². The molecule has 160 valence electrons. The van der Waals surface area contributed by atoms with Crippen molar-refractivity contribution >= 4 is 11.7 Å². The first kappa shape index (κ1) is 20.2. The van der Waals surface area contributed by atoms with Crippen molar-refractivity contribution in [3.8, 4) is 5.88 Å². The summed E-state index contributed by atoms with van der Waals surface area (Å²) in [5.74, 6) is -0.759. The second-order valence-electron chi connectivity index (χ2n) is 8.01. The quantitative estimate of drug-likeness (QED) is 0.309. The number of rotatable bonds is 6. The number of nitrogens with one attached hydrogen (secondary N) is 2. The second kappa shape index (κ2) is 7.65. The van der Waals surface area contributed by atoms with Crippen LogP contribution in [-0.2, 0) is 11.2 Å². The van der Waals surface area contributed by atoms with Crippen LogP contribution in [0, 0.1) is 5.82 Å². The number of carbonyl (C=O) groups excluding carboxylic acids is 1. The number of aliphatic hydroxyl groups is 1. The first-order valence-corrected chi connectivity index (χ1v) is 9.53. The number of benzene rings is 1. The third-order valence-electron chi connectivity index (χ3n) is 5.22. The van der Waals surface area contributed by atoms with Crippen molar-refractivity contribution in [2.75, 3.05) is 0 Å². The lowest BCUT2D eigenvalue weighted by Crippen LogP contribution is -2.54. The van der Waals surface area contributed by atoms with Gasteiger partial charge in [0.1, 0.15) is 17.5 Å². The fraction of sp³-hybridized carbons (Fsp3) is 0.474. The highest BCUT2D eigenvalue weighted by Gasteiger charge is 2.37. The molecule has 0 spiro atoms.